The van der Waals surface area contributed by atoms with Gasteiger partial charge in [-0.05, 0) is 48.9 Å². The normalized spacial score (nSPS) is 10.9. The number of nitrogens with two attached hydrogens (primary N) is 1. The largest absolute Gasteiger partial charge is 0.496 e. The SMILES string of the molecule is COc1ccc(-n2c(N)nc3ccc(Cl)cc32)cc1C. The van der Waals surface area contributed by atoms with E-state index in [0.717, 1.165) is 28.0 Å². The maximum Gasteiger partial charge on any atom is 0.205 e. The first-order chi connectivity index (χ1) is 9.60. The quantitative estimate of drug-likeness (QED) is 0.784. The highest BCUT2D eigenvalue weighted by atomic mass is 35.5. The molecule has 0 amide bonds. The first-order valence-electron chi connectivity index (χ1n) is 6.18. The lowest BCUT2D eigenvalue weighted by molar-refractivity contribution is 0.411. The molecule has 0 spiro atoms. The van der Waals surface area contributed by atoms with E-state index >= 15 is 0 Å². The zero-order valence-electron chi connectivity index (χ0n) is 11.2. The van der Waals surface area contributed by atoms with Crippen LogP contribution in [0.25, 0.3) is 16.7 Å². The molecule has 0 fully saturated rings. The summed E-state index contributed by atoms with van der Waals surface area (Å²) < 4.78 is 7.16. The number of hydrogen-bond acceptors (Lipinski definition) is 3. The van der Waals surface area contributed by atoms with Gasteiger partial charge in [-0.25, -0.2) is 4.98 Å². The molecule has 0 saturated carbocycles. The van der Waals surface area contributed by atoms with Gasteiger partial charge in [0, 0.05) is 10.7 Å². The maximum absolute atomic E-state index is 6.06. The summed E-state index contributed by atoms with van der Waals surface area (Å²) in [5, 5.41) is 0.656. The lowest BCUT2D eigenvalue weighted by Gasteiger charge is -2.10. The van der Waals surface area contributed by atoms with Gasteiger partial charge in [0.15, 0.2) is 0 Å². The molecule has 0 aliphatic heterocycles. The van der Waals surface area contributed by atoms with Gasteiger partial charge >= 0.3 is 0 Å². The molecular weight excluding hydrogens is 274 g/mol. The van der Waals surface area contributed by atoms with Gasteiger partial charge in [0.2, 0.25) is 5.95 Å². The molecule has 0 atom stereocenters. The first-order valence-corrected chi connectivity index (χ1v) is 6.56. The number of ether oxygens (including phenoxy) is 1. The molecule has 3 aromatic rings. The van der Waals surface area contributed by atoms with Crippen LogP contribution in [-0.2, 0) is 0 Å². The van der Waals surface area contributed by atoms with Crippen molar-refractivity contribution in [3.05, 3.63) is 47.0 Å². The molecule has 0 radical (unpaired) electrons. The number of imidazole rings is 1. The Morgan fingerprint density at radius 2 is 2.00 bits per heavy atom. The van der Waals surface area contributed by atoms with Crippen molar-refractivity contribution in [2.24, 2.45) is 0 Å². The van der Waals surface area contributed by atoms with E-state index in [-0.39, 0.29) is 0 Å². The van der Waals surface area contributed by atoms with Crippen LogP contribution in [0.3, 0.4) is 0 Å². The van der Waals surface area contributed by atoms with Crippen LogP contribution in [0, 0.1) is 6.92 Å². The van der Waals surface area contributed by atoms with Gasteiger partial charge < -0.3 is 10.5 Å². The number of hydrogen-bond donors (Lipinski definition) is 1. The van der Waals surface area contributed by atoms with Crippen molar-refractivity contribution < 1.29 is 4.74 Å². The molecular formula is C15H14ClN3O. The minimum absolute atomic E-state index is 0.437. The third-order valence-electron chi connectivity index (χ3n) is 3.28. The fourth-order valence-electron chi connectivity index (χ4n) is 2.34. The zero-order chi connectivity index (χ0) is 14.3. The number of nitrogen functional groups attached to an aromatic ring is 1. The maximum atomic E-state index is 6.06. The first kappa shape index (κ1) is 12.8. The number of nitrogens with zero attached hydrogens (tertiary/aromatic N) is 2. The molecule has 4 nitrogen and oxygen atoms in total. The Labute approximate surface area is 121 Å². The second-order valence-electron chi connectivity index (χ2n) is 4.59. The zero-order valence-corrected chi connectivity index (χ0v) is 12.0. The number of aryl methyl sites for hydroxylation is 1. The predicted molar refractivity (Wildman–Crippen MR) is 81.8 cm³/mol. The van der Waals surface area contributed by atoms with Crippen molar-refractivity contribution >= 4 is 28.6 Å². The van der Waals surface area contributed by atoms with Crippen LogP contribution in [-0.4, -0.2) is 16.7 Å². The number of methoxy groups -OCH3 is 1. The molecule has 0 aliphatic carbocycles. The Morgan fingerprint density at radius 3 is 2.70 bits per heavy atom. The molecule has 2 aromatic carbocycles. The summed E-state index contributed by atoms with van der Waals surface area (Å²) in [4.78, 5) is 4.35. The summed E-state index contributed by atoms with van der Waals surface area (Å²) in [5.41, 5.74) is 9.71. The minimum atomic E-state index is 0.437. The summed E-state index contributed by atoms with van der Waals surface area (Å²) in [6.45, 7) is 1.99. The standard InChI is InChI=1S/C15H14ClN3O/c1-9-7-11(4-6-14(9)20-2)19-13-8-10(16)3-5-12(13)18-15(19)17/h3-8H,1-2H3,(H2,17,18). The fraction of sp³-hybridized carbons (Fsp3) is 0.133. The molecule has 0 unspecified atom stereocenters. The number of fused-ring (bicyclic) bond motifs is 1. The number of benzene rings is 2. The highest BCUT2D eigenvalue weighted by Crippen LogP contribution is 2.28. The van der Waals surface area contributed by atoms with Crippen LogP contribution in [0.5, 0.6) is 5.75 Å². The van der Waals surface area contributed by atoms with Gasteiger partial charge in [-0.2, -0.15) is 0 Å². The predicted octanol–water partition coefficient (Wildman–Crippen LogP) is 3.58. The van der Waals surface area contributed by atoms with Crippen LogP contribution in [0.1, 0.15) is 5.56 Å². The van der Waals surface area contributed by atoms with E-state index in [1.165, 1.54) is 0 Å². The monoisotopic (exact) mass is 287 g/mol. The van der Waals surface area contributed by atoms with Gasteiger partial charge in [-0.15, -0.1) is 0 Å². The van der Waals surface area contributed by atoms with Crippen molar-refractivity contribution in [3.63, 3.8) is 0 Å². The van der Waals surface area contributed by atoms with E-state index in [2.05, 4.69) is 4.98 Å². The molecule has 20 heavy (non-hydrogen) atoms. The molecule has 2 N–H and O–H groups in total. The van der Waals surface area contributed by atoms with Crippen LogP contribution >= 0.6 is 11.6 Å². The average molecular weight is 288 g/mol. The molecule has 0 saturated heterocycles. The van der Waals surface area contributed by atoms with Gasteiger partial charge in [0.05, 0.1) is 18.1 Å². The molecule has 102 valence electrons. The lowest BCUT2D eigenvalue weighted by Crippen LogP contribution is -2.01. The van der Waals surface area contributed by atoms with E-state index < -0.39 is 0 Å². The third-order valence-corrected chi connectivity index (χ3v) is 3.51. The Morgan fingerprint density at radius 1 is 1.20 bits per heavy atom. The molecule has 0 bridgehead atoms. The van der Waals surface area contributed by atoms with Crippen LogP contribution in [0.2, 0.25) is 5.02 Å². The van der Waals surface area contributed by atoms with Crippen molar-refractivity contribution in [2.45, 2.75) is 6.92 Å². The fourth-order valence-corrected chi connectivity index (χ4v) is 2.51. The Bertz CT molecular complexity index is 795. The van der Waals surface area contributed by atoms with Crippen molar-refractivity contribution in [3.8, 4) is 11.4 Å². The number of rotatable bonds is 2. The van der Waals surface area contributed by atoms with E-state index in [1.54, 1.807) is 13.2 Å². The molecule has 1 aromatic heterocycles. The Hall–Kier alpha value is -2.20. The molecule has 0 aliphatic rings. The summed E-state index contributed by atoms with van der Waals surface area (Å²) in [5.74, 6) is 1.28. The average Bonchev–Trinajstić information content (AvgIpc) is 2.74. The van der Waals surface area contributed by atoms with Gasteiger partial charge in [-0.3, -0.25) is 4.57 Å². The van der Waals surface area contributed by atoms with Crippen molar-refractivity contribution in [1.29, 1.82) is 0 Å². The molecule has 1 heterocycles. The second kappa shape index (κ2) is 4.72. The van der Waals surface area contributed by atoms with Gasteiger partial charge in [0.25, 0.3) is 0 Å². The smallest absolute Gasteiger partial charge is 0.205 e. The van der Waals surface area contributed by atoms with Gasteiger partial charge in [-0.1, -0.05) is 11.6 Å². The van der Waals surface area contributed by atoms with Crippen LogP contribution < -0.4 is 10.5 Å². The Kier molecular flexibility index (Phi) is 3.03. The summed E-state index contributed by atoms with van der Waals surface area (Å²) in [7, 11) is 1.66. The van der Waals surface area contributed by atoms with E-state index in [1.807, 2.05) is 41.8 Å². The van der Waals surface area contributed by atoms with Gasteiger partial charge in [0.1, 0.15) is 5.75 Å². The summed E-state index contributed by atoms with van der Waals surface area (Å²) in [6, 6.07) is 11.4. The van der Waals surface area contributed by atoms with Crippen molar-refractivity contribution in [2.75, 3.05) is 12.8 Å². The molecule has 3 rings (SSSR count). The number of halogens is 1. The van der Waals surface area contributed by atoms with Crippen molar-refractivity contribution in [1.82, 2.24) is 9.55 Å². The highest BCUT2D eigenvalue weighted by molar-refractivity contribution is 6.31. The topological polar surface area (TPSA) is 53.1 Å². The molecule has 5 heteroatoms. The minimum Gasteiger partial charge on any atom is -0.496 e. The highest BCUT2D eigenvalue weighted by Gasteiger charge is 2.11. The third kappa shape index (κ3) is 1.98. The van der Waals surface area contributed by atoms with E-state index in [4.69, 9.17) is 22.1 Å². The summed E-state index contributed by atoms with van der Waals surface area (Å²) >= 11 is 6.06. The lowest BCUT2D eigenvalue weighted by atomic mass is 10.2. The second-order valence-corrected chi connectivity index (χ2v) is 5.03. The number of anilines is 1. The van der Waals surface area contributed by atoms with E-state index in [0.29, 0.717) is 11.0 Å². The van der Waals surface area contributed by atoms with E-state index in [9.17, 15) is 0 Å². The summed E-state index contributed by atoms with van der Waals surface area (Å²) in [6.07, 6.45) is 0. The Balaban J connectivity index is 2.26. The van der Waals surface area contributed by atoms with Crippen LogP contribution in [0.15, 0.2) is 36.4 Å². The van der Waals surface area contributed by atoms with Crippen LogP contribution in [0.4, 0.5) is 5.95 Å². The number of aromatic nitrogens is 2.